The average Bonchev–Trinajstić information content (AvgIpc) is 2.82. The van der Waals surface area contributed by atoms with Gasteiger partial charge in [-0.15, -0.1) is 0 Å². The lowest BCUT2D eigenvalue weighted by Crippen LogP contribution is -2.11. The lowest BCUT2D eigenvalue weighted by atomic mass is 10.2. The quantitative estimate of drug-likeness (QED) is 0.798. The molecule has 2 rings (SSSR count). The van der Waals surface area contributed by atoms with E-state index in [1.54, 1.807) is 19.2 Å². The third-order valence-corrected chi connectivity index (χ3v) is 2.91. The highest BCUT2D eigenvalue weighted by Crippen LogP contribution is 2.29. The molecular weight excluding hydrogens is 218 g/mol. The Morgan fingerprint density at radius 3 is 3.00 bits per heavy atom. The lowest BCUT2D eigenvalue weighted by molar-refractivity contribution is 0.0899. The van der Waals surface area contributed by atoms with Crippen molar-refractivity contribution in [1.82, 2.24) is 0 Å². The van der Waals surface area contributed by atoms with Gasteiger partial charge in [-0.05, 0) is 25.0 Å². The van der Waals surface area contributed by atoms with Gasteiger partial charge in [0.1, 0.15) is 0 Å². The Kier molecular flexibility index (Phi) is 4.09. The summed E-state index contributed by atoms with van der Waals surface area (Å²) in [7, 11) is 1.62. The van der Waals surface area contributed by atoms with Crippen LogP contribution in [-0.4, -0.2) is 26.4 Å². The van der Waals surface area contributed by atoms with Crippen LogP contribution in [0.15, 0.2) is 18.2 Å². The van der Waals surface area contributed by atoms with E-state index >= 15 is 0 Å². The first-order valence-electron chi connectivity index (χ1n) is 5.97. The summed E-state index contributed by atoms with van der Waals surface area (Å²) in [6.45, 7) is 1.51. The minimum absolute atomic E-state index is 0.349. The Balaban J connectivity index is 1.86. The summed E-state index contributed by atoms with van der Waals surface area (Å²) in [6.07, 6.45) is 3.56. The maximum absolute atomic E-state index is 5.72. The van der Waals surface area contributed by atoms with Gasteiger partial charge in [0.15, 0.2) is 11.5 Å². The Hall–Kier alpha value is -1.42. The molecule has 0 aliphatic carbocycles. The van der Waals surface area contributed by atoms with Gasteiger partial charge in [0.25, 0.3) is 0 Å². The van der Waals surface area contributed by atoms with Gasteiger partial charge in [-0.3, -0.25) is 0 Å². The van der Waals surface area contributed by atoms with Gasteiger partial charge in [-0.25, -0.2) is 0 Å². The molecule has 1 fully saturated rings. The molecule has 0 radical (unpaired) electrons. The number of hydrogen-bond acceptors (Lipinski definition) is 4. The molecule has 0 amide bonds. The summed E-state index contributed by atoms with van der Waals surface area (Å²) in [5.41, 5.74) is 6.39. The Labute approximate surface area is 102 Å². The van der Waals surface area contributed by atoms with Gasteiger partial charge >= 0.3 is 0 Å². The molecule has 0 spiro atoms. The zero-order valence-corrected chi connectivity index (χ0v) is 10.1. The summed E-state index contributed by atoms with van der Waals surface area (Å²) < 4.78 is 16.4. The molecule has 1 aliphatic rings. The zero-order chi connectivity index (χ0) is 12.1. The highest BCUT2D eigenvalue weighted by atomic mass is 16.5. The van der Waals surface area contributed by atoms with E-state index in [0.29, 0.717) is 29.9 Å². The van der Waals surface area contributed by atoms with Crippen molar-refractivity contribution in [1.29, 1.82) is 0 Å². The molecule has 1 saturated heterocycles. The Morgan fingerprint density at radius 2 is 2.29 bits per heavy atom. The zero-order valence-electron chi connectivity index (χ0n) is 10.1. The van der Waals surface area contributed by atoms with Crippen LogP contribution in [0, 0.1) is 0 Å². The van der Waals surface area contributed by atoms with Crippen LogP contribution in [0.2, 0.25) is 0 Å². The normalized spacial score (nSPS) is 19.2. The van der Waals surface area contributed by atoms with E-state index in [0.717, 1.165) is 25.9 Å². The van der Waals surface area contributed by atoms with Crippen LogP contribution in [-0.2, 0) is 4.74 Å². The number of nitrogens with two attached hydrogens (primary N) is 1. The average molecular weight is 237 g/mol. The van der Waals surface area contributed by atoms with Crippen LogP contribution >= 0.6 is 0 Å². The van der Waals surface area contributed by atoms with Crippen LogP contribution in [0.5, 0.6) is 11.5 Å². The minimum Gasteiger partial charge on any atom is -0.493 e. The first-order chi connectivity index (χ1) is 8.29. The predicted octanol–water partition coefficient (Wildman–Crippen LogP) is 2.23. The maximum Gasteiger partial charge on any atom is 0.163 e. The topological polar surface area (TPSA) is 53.7 Å². The molecule has 1 unspecified atom stereocenters. The first kappa shape index (κ1) is 12.0. The van der Waals surface area contributed by atoms with Crippen molar-refractivity contribution in [3.63, 3.8) is 0 Å². The molecule has 1 aromatic rings. The van der Waals surface area contributed by atoms with E-state index in [2.05, 4.69) is 0 Å². The summed E-state index contributed by atoms with van der Waals surface area (Å²) >= 11 is 0. The molecule has 94 valence electrons. The van der Waals surface area contributed by atoms with E-state index in [-0.39, 0.29) is 0 Å². The van der Waals surface area contributed by atoms with Gasteiger partial charge in [-0.2, -0.15) is 0 Å². The number of rotatable bonds is 5. The van der Waals surface area contributed by atoms with E-state index < -0.39 is 0 Å². The van der Waals surface area contributed by atoms with Crippen LogP contribution in [0.25, 0.3) is 0 Å². The number of nitrogen functional groups attached to an aromatic ring is 1. The van der Waals surface area contributed by atoms with Crippen LogP contribution < -0.4 is 15.2 Å². The molecule has 2 N–H and O–H groups in total. The molecule has 1 aliphatic heterocycles. The highest BCUT2D eigenvalue weighted by molar-refractivity contribution is 5.51. The number of methoxy groups -OCH3 is 1. The lowest BCUT2D eigenvalue weighted by Gasteiger charge is -2.13. The van der Waals surface area contributed by atoms with E-state index in [9.17, 15) is 0 Å². The van der Waals surface area contributed by atoms with Crippen molar-refractivity contribution >= 4 is 5.69 Å². The van der Waals surface area contributed by atoms with Crippen LogP contribution in [0.4, 0.5) is 5.69 Å². The summed E-state index contributed by atoms with van der Waals surface area (Å²) in [5.74, 6) is 1.41. The second-order valence-corrected chi connectivity index (χ2v) is 4.18. The third-order valence-electron chi connectivity index (χ3n) is 2.91. The maximum atomic E-state index is 5.72. The third kappa shape index (κ3) is 3.27. The molecule has 0 bridgehead atoms. The second kappa shape index (κ2) is 5.77. The monoisotopic (exact) mass is 237 g/mol. The molecule has 4 nitrogen and oxygen atoms in total. The number of benzene rings is 1. The van der Waals surface area contributed by atoms with E-state index in [1.807, 2.05) is 6.07 Å². The van der Waals surface area contributed by atoms with Gasteiger partial charge < -0.3 is 19.9 Å². The molecule has 1 atom stereocenters. The van der Waals surface area contributed by atoms with Crippen molar-refractivity contribution in [3.8, 4) is 11.5 Å². The van der Waals surface area contributed by atoms with Gasteiger partial charge in [0, 0.05) is 24.8 Å². The fraction of sp³-hybridized carbons (Fsp3) is 0.538. The van der Waals surface area contributed by atoms with Crippen molar-refractivity contribution in [2.45, 2.75) is 25.4 Å². The standard InChI is InChI=1S/C13H19NO3/c1-15-12-5-4-10(14)9-13(12)17-8-6-11-3-2-7-16-11/h4-5,9,11H,2-3,6-8,14H2,1H3. The van der Waals surface area contributed by atoms with Gasteiger partial charge in [0.2, 0.25) is 0 Å². The Morgan fingerprint density at radius 1 is 1.41 bits per heavy atom. The smallest absolute Gasteiger partial charge is 0.163 e. The molecule has 1 aromatic carbocycles. The number of ether oxygens (including phenoxy) is 3. The number of anilines is 1. The highest BCUT2D eigenvalue weighted by Gasteiger charge is 2.15. The minimum atomic E-state index is 0.349. The summed E-state index contributed by atoms with van der Waals surface area (Å²) in [6, 6.07) is 5.40. The Bertz CT molecular complexity index is 362. The molecule has 4 heteroatoms. The molecular formula is C13H19NO3. The fourth-order valence-corrected chi connectivity index (χ4v) is 1.98. The van der Waals surface area contributed by atoms with Gasteiger partial charge in [-0.1, -0.05) is 0 Å². The van der Waals surface area contributed by atoms with E-state index in [4.69, 9.17) is 19.9 Å². The van der Waals surface area contributed by atoms with Crippen LogP contribution in [0.3, 0.4) is 0 Å². The number of hydrogen-bond donors (Lipinski definition) is 1. The molecule has 0 saturated carbocycles. The first-order valence-corrected chi connectivity index (χ1v) is 5.97. The van der Waals surface area contributed by atoms with Crippen LogP contribution in [0.1, 0.15) is 19.3 Å². The molecule has 0 aromatic heterocycles. The predicted molar refractivity (Wildman–Crippen MR) is 66.5 cm³/mol. The van der Waals surface area contributed by atoms with Crippen molar-refractivity contribution < 1.29 is 14.2 Å². The molecule has 1 heterocycles. The summed E-state index contributed by atoms with van der Waals surface area (Å²) in [4.78, 5) is 0. The second-order valence-electron chi connectivity index (χ2n) is 4.18. The SMILES string of the molecule is COc1ccc(N)cc1OCCC1CCCO1. The van der Waals surface area contributed by atoms with Crippen molar-refractivity contribution in [3.05, 3.63) is 18.2 Å². The summed E-state index contributed by atoms with van der Waals surface area (Å²) in [5, 5.41) is 0. The van der Waals surface area contributed by atoms with Crippen molar-refractivity contribution in [2.24, 2.45) is 0 Å². The fourth-order valence-electron chi connectivity index (χ4n) is 1.98. The van der Waals surface area contributed by atoms with Crippen molar-refractivity contribution in [2.75, 3.05) is 26.1 Å². The van der Waals surface area contributed by atoms with Gasteiger partial charge in [0.05, 0.1) is 19.8 Å². The van der Waals surface area contributed by atoms with E-state index in [1.165, 1.54) is 0 Å². The largest absolute Gasteiger partial charge is 0.493 e. The molecule has 17 heavy (non-hydrogen) atoms.